The molecule has 1 aromatic heterocycles. The number of nitrogens with zero attached hydrogens (tertiary/aromatic N) is 2. The molecule has 106 valence electrons. The number of hydrogen-bond donors (Lipinski definition) is 1. The SMILES string of the molecule is Oc1ccccc1-c1nc(CSc2cccc(Cl)c2)no1. The quantitative estimate of drug-likeness (QED) is 0.723. The zero-order chi connectivity index (χ0) is 14.7. The molecule has 1 N–H and O–H groups in total. The molecule has 0 fully saturated rings. The summed E-state index contributed by atoms with van der Waals surface area (Å²) in [4.78, 5) is 5.33. The number of rotatable bonds is 4. The largest absolute Gasteiger partial charge is 0.507 e. The lowest BCUT2D eigenvalue weighted by Crippen LogP contribution is -1.84. The predicted molar refractivity (Wildman–Crippen MR) is 82.4 cm³/mol. The van der Waals surface area contributed by atoms with Gasteiger partial charge in [0.05, 0.1) is 11.3 Å². The van der Waals surface area contributed by atoms with E-state index in [0.29, 0.717) is 28.1 Å². The van der Waals surface area contributed by atoms with Gasteiger partial charge in [-0.2, -0.15) is 4.98 Å². The summed E-state index contributed by atoms with van der Waals surface area (Å²) < 4.78 is 5.18. The molecule has 0 saturated heterocycles. The van der Waals surface area contributed by atoms with Gasteiger partial charge in [0.1, 0.15) is 5.75 Å². The maximum Gasteiger partial charge on any atom is 0.261 e. The summed E-state index contributed by atoms with van der Waals surface area (Å²) in [5, 5.41) is 14.4. The lowest BCUT2D eigenvalue weighted by atomic mass is 10.2. The van der Waals surface area contributed by atoms with Gasteiger partial charge in [-0.1, -0.05) is 35.0 Å². The van der Waals surface area contributed by atoms with Crippen LogP contribution in [0.4, 0.5) is 0 Å². The van der Waals surface area contributed by atoms with E-state index in [4.69, 9.17) is 16.1 Å². The second kappa shape index (κ2) is 6.20. The third-order valence-corrected chi connectivity index (χ3v) is 3.99. The first-order valence-corrected chi connectivity index (χ1v) is 7.58. The Morgan fingerprint density at radius 1 is 1.14 bits per heavy atom. The minimum absolute atomic E-state index is 0.121. The van der Waals surface area contributed by atoms with Crippen LogP contribution in [0.1, 0.15) is 5.82 Å². The van der Waals surface area contributed by atoms with Crippen molar-refractivity contribution in [3.63, 3.8) is 0 Å². The van der Waals surface area contributed by atoms with Crippen LogP contribution in [0.25, 0.3) is 11.5 Å². The van der Waals surface area contributed by atoms with Crippen molar-refractivity contribution in [2.45, 2.75) is 10.6 Å². The molecule has 0 unspecified atom stereocenters. The van der Waals surface area contributed by atoms with Crippen LogP contribution in [0, 0.1) is 0 Å². The van der Waals surface area contributed by atoms with E-state index in [1.54, 1.807) is 36.0 Å². The second-order valence-electron chi connectivity index (χ2n) is 4.28. The highest BCUT2D eigenvalue weighted by Crippen LogP contribution is 2.29. The Morgan fingerprint density at radius 3 is 2.81 bits per heavy atom. The van der Waals surface area contributed by atoms with Gasteiger partial charge < -0.3 is 9.63 Å². The van der Waals surface area contributed by atoms with E-state index in [1.807, 2.05) is 24.3 Å². The number of phenols is 1. The smallest absolute Gasteiger partial charge is 0.261 e. The number of benzene rings is 2. The van der Waals surface area contributed by atoms with E-state index in [9.17, 15) is 5.11 Å². The summed E-state index contributed by atoms with van der Waals surface area (Å²) in [6, 6.07) is 14.4. The zero-order valence-corrected chi connectivity index (χ0v) is 12.4. The topological polar surface area (TPSA) is 59.2 Å². The van der Waals surface area contributed by atoms with Crippen LogP contribution in [-0.4, -0.2) is 15.2 Å². The van der Waals surface area contributed by atoms with Crippen molar-refractivity contribution < 1.29 is 9.63 Å². The Labute approximate surface area is 130 Å². The second-order valence-corrected chi connectivity index (χ2v) is 5.76. The summed E-state index contributed by atoms with van der Waals surface area (Å²) in [7, 11) is 0. The van der Waals surface area contributed by atoms with E-state index in [1.165, 1.54) is 0 Å². The predicted octanol–water partition coefficient (Wildman–Crippen LogP) is 4.39. The number of halogens is 1. The number of thioether (sulfide) groups is 1. The molecule has 0 aliphatic carbocycles. The van der Waals surface area contributed by atoms with Gasteiger partial charge in [0, 0.05) is 9.92 Å². The number of hydrogen-bond acceptors (Lipinski definition) is 5. The van der Waals surface area contributed by atoms with Crippen molar-refractivity contribution in [3.8, 4) is 17.2 Å². The monoisotopic (exact) mass is 318 g/mol. The van der Waals surface area contributed by atoms with Crippen molar-refractivity contribution in [3.05, 3.63) is 59.4 Å². The van der Waals surface area contributed by atoms with E-state index < -0.39 is 0 Å². The van der Waals surface area contributed by atoms with E-state index in [0.717, 1.165) is 4.90 Å². The van der Waals surface area contributed by atoms with Gasteiger partial charge in [-0.25, -0.2) is 0 Å². The molecule has 0 bridgehead atoms. The number of phenolic OH excluding ortho intramolecular Hbond substituents is 1. The van der Waals surface area contributed by atoms with E-state index >= 15 is 0 Å². The third-order valence-electron chi connectivity index (χ3n) is 2.77. The highest BCUT2D eigenvalue weighted by molar-refractivity contribution is 7.98. The fraction of sp³-hybridized carbons (Fsp3) is 0.0667. The van der Waals surface area contributed by atoms with Crippen LogP contribution < -0.4 is 0 Å². The standard InChI is InChI=1S/C15H11ClN2O2S/c16-10-4-3-5-11(8-10)21-9-14-17-15(20-18-14)12-6-1-2-7-13(12)19/h1-8,19H,9H2. The highest BCUT2D eigenvalue weighted by atomic mass is 35.5. The van der Waals surface area contributed by atoms with Crippen molar-refractivity contribution in [2.75, 3.05) is 0 Å². The molecule has 0 saturated carbocycles. The summed E-state index contributed by atoms with van der Waals surface area (Å²) in [6.07, 6.45) is 0. The lowest BCUT2D eigenvalue weighted by molar-refractivity contribution is 0.419. The van der Waals surface area contributed by atoms with Crippen LogP contribution in [0.3, 0.4) is 0 Å². The average Bonchev–Trinajstić information content (AvgIpc) is 2.94. The van der Waals surface area contributed by atoms with Crippen LogP contribution in [-0.2, 0) is 5.75 Å². The van der Waals surface area contributed by atoms with Crippen molar-refractivity contribution in [1.29, 1.82) is 0 Å². The Kier molecular flexibility index (Phi) is 4.13. The molecule has 4 nitrogen and oxygen atoms in total. The maximum atomic E-state index is 9.76. The molecule has 0 atom stereocenters. The Morgan fingerprint density at radius 2 is 2.00 bits per heavy atom. The van der Waals surface area contributed by atoms with Crippen molar-refractivity contribution >= 4 is 23.4 Å². The summed E-state index contributed by atoms with van der Waals surface area (Å²) in [6.45, 7) is 0. The highest BCUT2D eigenvalue weighted by Gasteiger charge is 2.12. The molecule has 3 aromatic rings. The molecule has 0 aliphatic heterocycles. The molecule has 3 rings (SSSR count). The fourth-order valence-corrected chi connectivity index (χ4v) is 2.83. The van der Waals surface area contributed by atoms with Gasteiger partial charge in [0.15, 0.2) is 5.82 Å². The molecule has 21 heavy (non-hydrogen) atoms. The van der Waals surface area contributed by atoms with Gasteiger partial charge in [-0.05, 0) is 30.3 Å². The first-order chi connectivity index (χ1) is 10.2. The van der Waals surface area contributed by atoms with Gasteiger partial charge in [-0.15, -0.1) is 11.8 Å². The number of aromatic hydroxyl groups is 1. The average molecular weight is 319 g/mol. The van der Waals surface area contributed by atoms with Gasteiger partial charge in [0.25, 0.3) is 5.89 Å². The number of aromatic nitrogens is 2. The first kappa shape index (κ1) is 14.0. The van der Waals surface area contributed by atoms with Crippen LogP contribution in [0.5, 0.6) is 5.75 Å². The molecule has 0 amide bonds. The number of para-hydroxylation sites is 1. The Bertz CT molecular complexity index is 761. The van der Waals surface area contributed by atoms with Gasteiger partial charge in [0.2, 0.25) is 0 Å². The Hall–Kier alpha value is -1.98. The summed E-state index contributed by atoms with van der Waals surface area (Å²) in [5.41, 5.74) is 0.531. The third kappa shape index (κ3) is 3.37. The van der Waals surface area contributed by atoms with Gasteiger partial charge in [-0.3, -0.25) is 0 Å². The molecule has 0 spiro atoms. The summed E-state index contributed by atoms with van der Waals surface area (Å²) in [5.74, 6) is 1.57. The molecule has 1 heterocycles. The van der Waals surface area contributed by atoms with Crippen LogP contribution >= 0.6 is 23.4 Å². The first-order valence-electron chi connectivity index (χ1n) is 6.22. The van der Waals surface area contributed by atoms with E-state index in [-0.39, 0.29) is 5.75 Å². The summed E-state index contributed by atoms with van der Waals surface area (Å²) >= 11 is 7.51. The fourth-order valence-electron chi connectivity index (χ4n) is 1.78. The van der Waals surface area contributed by atoms with Gasteiger partial charge >= 0.3 is 0 Å². The minimum atomic E-state index is 0.121. The Balaban J connectivity index is 1.72. The van der Waals surface area contributed by atoms with Crippen molar-refractivity contribution in [2.24, 2.45) is 0 Å². The molecule has 0 aliphatic rings. The molecule has 6 heteroatoms. The van der Waals surface area contributed by atoms with E-state index in [2.05, 4.69) is 10.1 Å². The molecular weight excluding hydrogens is 308 g/mol. The minimum Gasteiger partial charge on any atom is -0.507 e. The normalized spacial score (nSPS) is 10.7. The lowest BCUT2D eigenvalue weighted by Gasteiger charge is -1.98. The molecular formula is C15H11ClN2O2S. The van der Waals surface area contributed by atoms with Crippen LogP contribution in [0.2, 0.25) is 5.02 Å². The van der Waals surface area contributed by atoms with Crippen LogP contribution in [0.15, 0.2) is 57.9 Å². The molecule has 2 aromatic carbocycles. The maximum absolute atomic E-state index is 9.76. The van der Waals surface area contributed by atoms with Crippen molar-refractivity contribution in [1.82, 2.24) is 10.1 Å². The molecule has 0 radical (unpaired) electrons. The zero-order valence-electron chi connectivity index (χ0n) is 10.9.